The number of carbonyl (C=O) groups is 1. The molecule has 3 aromatic rings. The van der Waals surface area contributed by atoms with Gasteiger partial charge < -0.3 is 9.15 Å². The van der Waals surface area contributed by atoms with Crippen molar-refractivity contribution in [3.63, 3.8) is 0 Å². The third kappa shape index (κ3) is 2.63. The van der Waals surface area contributed by atoms with Gasteiger partial charge in [0.25, 0.3) is 0 Å². The average Bonchev–Trinajstić information content (AvgIpc) is 2.98. The Morgan fingerprint density at radius 1 is 1.18 bits per heavy atom. The molecule has 4 heteroatoms. The van der Waals surface area contributed by atoms with Gasteiger partial charge in [0.15, 0.2) is 17.1 Å². The highest BCUT2D eigenvalue weighted by atomic mass is 19.1. The fraction of sp³-hybridized carbons (Fsp3) is 0.0556. The second-order valence-corrected chi connectivity index (χ2v) is 4.71. The minimum Gasteiger partial charge on any atom is -0.493 e. The fourth-order valence-corrected chi connectivity index (χ4v) is 2.18. The number of fused-ring (bicyclic) bond motifs is 1. The zero-order valence-electron chi connectivity index (χ0n) is 11.9. The van der Waals surface area contributed by atoms with E-state index in [1.807, 2.05) is 12.1 Å². The van der Waals surface area contributed by atoms with Gasteiger partial charge in [0.2, 0.25) is 5.78 Å². The van der Waals surface area contributed by atoms with Gasteiger partial charge in [0, 0.05) is 10.9 Å². The highest BCUT2D eigenvalue weighted by Gasteiger charge is 2.12. The van der Waals surface area contributed by atoms with E-state index in [0.29, 0.717) is 16.9 Å². The second kappa shape index (κ2) is 5.85. The summed E-state index contributed by atoms with van der Waals surface area (Å²) in [5, 5.41) is 0.780. The van der Waals surface area contributed by atoms with E-state index in [-0.39, 0.29) is 17.4 Å². The maximum atomic E-state index is 13.5. The number of rotatable bonds is 4. The van der Waals surface area contributed by atoms with Gasteiger partial charge in [-0.15, -0.1) is 0 Å². The molecule has 0 saturated heterocycles. The maximum absolute atomic E-state index is 13.5. The summed E-state index contributed by atoms with van der Waals surface area (Å²) >= 11 is 0. The lowest BCUT2D eigenvalue weighted by molar-refractivity contribution is 0.102. The molecule has 0 aliphatic carbocycles. The molecule has 2 aromatic carbocycles. The molecule has 0 bridgehead atoms. The first-order chi connectivity index (χ1) is 10.7. The number of halogens is 1. The number of ketones is 1. The summed E-state index contributed by atoms with van der Waals surface area (Å²) in [6.07, 6.45) is 2.73. The molecule has 0 amide bonds. The number of hydrogen-bond donors (Lipinski definition) is 0. The number of furan rings is 1. The number of methoxy groups -OCH3 is 1. The van der Waals surface area contributed by atoms with Crippen LogP contribution in [0.3, 0.4) is 0 Å². The summed E-state index contributed by atoms with van der Waals surface area (Å²) in [6, 6.07) is 13.3. The molecule has 1 heterocycles. The summed E-state index contributed by atoms with van der Waals surface area (Å²) in [5.74, 6) is 0.0426. The van der Waals surface area contributed by atoms with Crippen LogP contribution in [0.25, 0.3) is 17.0 Å². The molecule has 0 aliphatic heterocycles. The Morgan fingerprint density at radius 2 is 2.00 bits per heavy atom. The van der Waals surface area contributed by atoms with Gasteiger partial charge in [-0.05, 0) is 30.4 Å². The molecule has 0 radical (unpaired) electrons. The number of allylic oxidation sites excluding steroid dienone is 1. The molecule has 0 fully saturated rings. The molecular formula is C18H13FO3. The van der Waals surface area contributed by atoms with Gasteiger partial charge >= 0.3 is 0 Å². The van der Waals surface area contributed by atoms with Crippen LogP contribution in [0, 0.1) is 5.82 Å². The Morgan fingerprint density at radius 3 is 2.77 bits per heavy atom. The Labute approximate surface area is 126 Å². The zero-order valence-corrected chi connectivity index (χ0v) is 11.9. The largest absolute Gasteiger partial charge is 0.493 e. The van der Waals surface area contributed by atoms with Crippen LogP contribution in [0.5, 0.6) is 5.75 Å². The quantitative estimate of drug-likeness (QED) is 0.526. The van der Waals surface area contributed by atoms with Gasteiger partial charge in [-0.2, -0.15) is 0 Å². The lowest BCUT2D eigenvalue weighted by Crippen LogP contribution is -1.91. The summed E-state index contributed by atoms with van der Waals surface area (Å²) < 4.78 is 24.2. The predicted molar refractivity (Wildman–Crippen MR) is 82.5 cm³/mol. The first-order valence-corrected chi connectivity index (χ1v) is 6.72. The van der Waals surface area contributed by atoms with Gasteiger partial charge in [0.1, 0.15) is 5.82 Å². The van der Waals surface area contributed by atoms with Crippen LogP contribution in [0.15, 0.2) is 59.0 Å². The van der Waals surface area contributed by atoms with E-state index < -0.39 is 0 Å². The van der Waals surface area contributed by atoms with Crippen molar-refractivity contribution in [3.8, 4) is 5.75 Å². The standard InChI is InChI=1S/C18H13FO3/c1-21-16-8-4-6-13-11-17(22-18(13)16)15(20)10-9-12-5-2-3-7-14(12)19/h2-11H,1H3/b10-9+. The van der Waals surface area contributed by atoms with E-state index in [9.17, 15) is 9.18 Å². The van der Waals surface area contributed by atoms with E-state index in [1.165, 1.54) is 25.3 Å². The zero-order chi connectivity index (χ0) is 15.5. The van der Waals surface area contributed by atoms with Gasteiger partial charge in [0.05, 0.1) is 7.11 Å². The molecule has 0 aliphatic rings. The van der Waals surface area contributed by atoms with Crippen molar-refractivity contribution in [1.82, 2.24) is 0 Å². The van der Waals surface area contributed by atoms with Gasteiger partial charge in [-0.1, -0.05) is 30.3 Å². The van der Waals surface area contributed by atoms with Gasteiger partial charge in [-0.3, -0.25) is 4.79 Å². The minimum atomic E-state index is -0.377. The molecule has 0 unspecified atom stereocenters. The fourth-order valence-electron chi connectivity index (χ4n) is 2.18. The van der Waals surface area contributed by atoms with Crippen molar-refractivity contribution in [1.29, 1.82) is 0 Å². The van der Waals surface area contributed by atoms with Crippen molar-refractivity contribution < 1.29 is 18.3 Å². The number of benzene rings is 2. The Kier molecular flexibility index (Phi) is 3.74. The summed E-state index contributed by atoms with van der Waals surface area (Å²) in [5.41, 5.74) is 0.872. The Balaban J connectivity index is 1.91. The van der Waals surface area contributed by atoms with Crippen LogP contribution in [-0.2, 0) is 0 Å². The van der Waals surface area contributed by atoms with Gasteiger partial charge in [-0.25, -0.2) is 4.39 Å². The molecule has 0 spiro atoms. The predicted octanol–water partition coefficient (Wildman–Crippen LogP) is 4.48. The lowest BCUT2D eigenvalue weighted by atomic mass is 10.1. The van der Waals surface area contributed by atoms with Crippen LogP contribution >= 0.6 is 0 Å². The van der Waals surface area contributed by atoms with E-state index in [1.54, 1.807) is 30.3 Å². The summed E-state index contributed by atoms with van der Waals surface area (Å²) in [7, 11) is 1.54. The minimum absolute atomic E-state index is 0.187. The summed E-state index contributed by atoms with van der Waals surface area (Å²) in [4.78, 5) is 12.2. The third-order valence-electron chi connectivity index (χ3n) is 3.29. The van der Waals surface area contributed by atoms with Crippen molar-refractivity contribution in [2.45, 2.75) is 0 Å². The highest BCUT2D eigenvalue weighted by molar-refractivity contribution is 6.07. The van der Waals surface area contributed by atoms with Crippen molar-refractivity contribution in [3.05, 3.63) is 71.7 Å². The number of hydrogen-bond acceptors (Lipinski definition) is 3. The molecule has 3 rings (SSSR count). The van der Waals surface area contributed by atoms with Crippen LogP contribution < -0.4 is 4.74 Å². The SMILES string of the molecule is COc1cccc2cc(C(=O)/C=C/c3ccccc3F)oc12. The van der Waals surface area contributed by atoms with E-state index in [0.717, 1.165) is 5.39 Å². The number of carbonyl (C=O) groups excluding carboxylic acids is 1. The molecule has 1 aromatic heterocycles. The molecular weight excluding hydrogens is 283 g/mol. The number of para-hydroxylation sites is 1. The number of ether oxygens (including phenoxy) is 1. The van der Waals surface area contributed by atoms with Crippen LogP contribution in [-0.4, -0.2) is 12.9 Å². The van der Waals surface area contributed by atoms with E-state index in [4.69, 9.17) is 9.15 Å². The lowest BCUT2D eigenvalue weighted by Gasteiger charge is -1.98. The molecule has 22 heavy (non-hydrogen) atoms. The first kappa shape index (κ1) is 14.1. The van der Waals surface area contributed by atoms with Crippen LogP contribution in [0.4, 0.5) is 4.39 Å². The molecule has 0 N–H and O–H groups in total. The molecule has 3 nitrogen and oxygen atoms in total. The Hall–Kier alpha value is -2.88. The third-order valence-corrected chi connectivity index (χ3v) is 3.29. The molecule has 110 valence electrons. The molecule has 0 saturated carbocycles. The topological polar surface area (TPSA) is 39.4 Å². The Bertz CT molecular complexity index is 862. The van der Waals surface area contributed by atoms with Crippen molar-refractivity contribution in [2.24, 2.45) is 0 Å². The maximum Gasteiger partial charge on any atom is 0.221 e. The monoisotopic (exact) mass is 296 g/mol. The van der Waals surface area contributed by atoms with Crippen LogP contribution in [0.1, 0.15) is 16.1 Å². The average molecular weight is 296 g/mol. The summed E-state index contributed by atoms with van der Waals surface area (Å²) in [6.45, 7) is 0. The molecule has 0 atom stereocenters. The van der Waals surface area contributed by atoms with E-state index >= 15 is 0 Å². The second-order valence-electron chi connectivity index (χ2n) is 4.71. The smallest absolute Gasteiger partial charge is 0.221 e. The normalized spacial score (nSPS) is 11.2. The van der Waals surface area contributed by atoms with E-state index in [2.05, 4.69) is 0 Å². The van der Waals surface area contributed by atoms with Crippen molar-refractivity contribution >= 4 is 22.8 Å². The highest BCUT2D eigenvalue weighted by Crippen LogP contribution is 2.28. The van der Waals surface area contributed by atoms with Crippen LogP contribution in [0.2, 0.25) is 0 Å². The van der Waals surface area contributed by atoms with Crippen molar-refractivity contribution in [2.75, 3.05) is 7.11 Å². The first-order valence-electron chi connectivity index (χ1n) is 6.72.